The minimum Gasteiger partial charge on any atom is -0.481 e. The third-order valence-electron chi connectivity index (χ3n) is 2.50. The molecular formula is C15H30O3. The van der Waals surface area contributed by atoms with Gasteiger partial charge in [-0.05, 0) is 12.8 Å². The number of carbonyl (C=O) groups is 1. The van der Waals surface area contributed by atoms with Gasteiger partial charge in [0.25, 0.3) is 5.97 Å². The van der Waals surface area contributed by atoms with E-state index in [0.717, 1.165) is 13.3 Å². The third-order valence-corrected chi connectivity index (χ3v) is 2.50. The van der Waals surface area contributed by atoms with Crippen molar-refractivity contribution in [2.75, 3.05) is 6.61 Å². The molecule has 0 aromatic heterocycles. The van der Waals surface area contributed by atoms with E-state index in [-0.39, 0.29) is 6.61 Å². The summed E-state index contributed by atoms with van der Waals surface area (Å²) in [5, 5.41) is 15.9. The number of unbranched alkanes of at least 4 members (excludes halogenated alkanes) is 8. The predicted octanol–water partition coefficient (Wildman–Crippen LogP) is 4.16. The van der Waals surface area contributed by atoms with Gasteiger partial charge in [0.1, 0.15) is 0 Å². The Morgan fingerprint density at radius 1 is 0.944 bits per heavy atom. The molecule has 0 aliphatic rings. The second-order valence-corrected chi connectivity index (χ2v) is 4.44. The first-order valence-corrected chi connectivity index (χ1v) is 7.10. The summed E-state index contributed by atoms with van der Waals surface area (Å²) in [6.45, 7) is 3.53. The molecule has 0 atom stereocenters. The van der Waals surface area contributed by atoms with Crippen LogP contribution in [-0.4, -0.2) is 22.8 Å². The number of rotatable bonds is 10. The molecule has 18 heavy (non-hydrogen) atoms. The highest BCUT2D eigenvalue weighted by molar-refractivity contribution is 5.62. The molecule has 2 N–H and O–H groups in total. The van der Waals surface area contributed by atoms with Crippen LogP contribution in [0.4, 0.5) is 0 Å². The van der Waals surface area contributed by atoms with Gasteiger partial charge < -0.3 is 10.2 Å². The molecule has 108 valence electrons. The van der Waals surface area contributed by atoms with Crippen molar-refractivity contribution in [3.8, 4) is 0 Å². The zero-order chi connectivity index (χ0) is 14.1. The van der Waals surface area contributed by atoms with E-state index in [4.69, 9.17) is 15.0 Å². The molecule has 0 aromatic rings. The van der Waals surface area contributed by atoms with Crippen LogP contribution in [-0.2, 0) is 4.79 Å². The van der Waals surface area contributed by atoms with Crippen LogP contribution in [0.25, 0.3) is 0 Å². The van der Waals surface area contributed by atoms with E-state index in [9.17, 15) is 0 Å². The lowest BCUT2D eigenvalue weighted by molar-refractivity contribution is -0.134. The lowest BCUT2D eigenvalue weighted by Crippen LogP contribution is -1.80. The smallest absolute Gasteiger partial charge is 0.300 e. The van der Waals surface area contributed by atoms with Crippen molar-refractivity contribution in [1.82, 2.24) is 0 Å². The standard InChI is InChI=1S/C13H26O.C2H4O2/c1-2-3-4-5-6-7-8-9-10-11-12-13-14;1-2(3)4/h11-12,14H,2-10,13H2,1H3;1H3,(H,3,4). The van der Waals surface area contributed by atoms with Crippen molar-refractivity contribution in [2.45, 2.75) is 71.6 Å². The fourth-order valence-electron chi connectivity index (χ4n) is 1.59. The molecule has 0 heterocycles. The monoisotopic (exact) mass is 258 g/mol. The minimum absolute atomic E-state index is 0.191. The number of aliphatic carboxylic acids is 1. The van der Waals surface area contributed by atoms with Gasteiger partial charge in [-0.25, -0.2) is 0 Å². The van der Waals surface area contributed by atoms with Crippen molar-refractivity contribution in [3.63, 3.8) is 0 Å². The van der Waals surface area contributed by atoms with E-state index in [1.54, 1.807) is 0 Å². The molecular weight excluding hydrogens is 228 g/mol. The number of allylic oxidation sites excluding steroid dienone is 1. The molecule has 3 heteroatoms. The predicted molar refractivity (Wildman–Crippen MR) is 76.8 cm³/mol. The topological polar surface area (TPSA) is 57.5 Å². The lowest BCUT2D eigenvalue weighted by Gasteiger charge is -1.99. The van der Waals surface area contributed by atoms with E-state index in [1.165, 1.54) is 51.4 Å². The Morgan fingerprint density at radius 2 is 1.39 bits per heavy atom. The van der Waals surface area contributed by atoms with Crippen LogP contribution in [0.5, 0.6) is 0 Å². The quantitative estimate of drug-likeness (QED) is 0.457. The van der Waals surface area contributed by atoms with E-state index < -0.39 is 5.97 Å². The summed E-state index contributed by atoms with van der Waals surface area (Å²) < 4.78 is 0. The molecule has 0 bridgehead atoms. The summed E-state index contributed by atoms with van der Waals surface area (Å²) >= 11 is 0. The van der Waals surface area contributed by atoms with Gasteiger partial charge in [0.2, 0.25) is 0 Å². The van der Waals surface area contributed by atoms with E-state index in [0.29, 0.717) is 0 Å². The van der Waals surface area contributed by atoms with Crippen LogP contribution < -0.4 is 0 Å². The Bertz CT molecular complexity index is 184. The molecule has 3 nitrogen and oxygen atoms in total. The lowest BCUT2D eigenvalue weighted by atomic mass is 10.1. The van der Waals surface area contributed by atoms with Crippen molar-refractivity contribution in [2.24, 2.45) is 0 Å². The maximum absolute atomic E-state index is 9.00. The fraction of sp³-hybridized carbons (Fsp3) is 0.800. The Morgan fingerprint density at radius 3 is 1.83 bits per heavy atom. The van der Waals surface area contributed by atoms with Crippen LogP contribution in [0.15, 0.2) is 12.2 Å². The number of carboxylic acids is 1. The maximum atomic E-state index is 9.00. The fourth-order valence-corrected chi connectivity index (χ4v) is 1.59. The number of carboxylic acid groups (broad SMARTS) is 1. The van der Waals surface area contributed by atoms with Gasteiger partial charge in [-0.15, -0.1) is 0 Å². The van der Waals surface area contributed by atoms with Crippen molar-refractivity contribution >= 4 is 5.97 Å². The number of aliphatic hydroxyl groups excluding tert-OH is 1. The van der Waals surface area contributed by atoms with Gasteiger partial charge >= 0.3 is 0 Å². The Balaban J connectivity index is 0. The first kappa shape index (κ1) is 19.5. The minimum atomic E-state index is -0.833. The van der Waals surface area contributed by atoms with Gasteiger partial charge in [-0.2, -0.15) is 0 Å². The molecule has 0 fully saturated rings. The molecule has 0 saturated carbocycles. The highest BCUT2D eigenvalue weighted by atomic mass is 16.4. The second kappa shape index (κ2) is 18.5. The largest absolute Gasteiger partial charge is 0.481 e. The normalized spacial score (nSPS) is 10.2. The van der Waals surface area contributed by atoms with Gasteiger partial charge in [0.05, 0.1) is 6.61 Å². The first-order chi connectivity index (χ1) is 8.65. The molecule has 0 aromatic carbocycles. The summed E-state index contributed by atoms with van der Waals surface area (Å²) in [5.41, 5.74) is 0. The van der Waals surface area contributed by atoms with E-state index in [2.05, 4.69) is 13.0 Å². The first-order valence-electron chi connectivity index (χ1n) is 7.10. The SMILES string of the molecule is CC(=O)O.CCCCCCCCCCC=CCO. The summed E-state index contributed by atoms with van der Waals surface area (Å²) in [4.78, 5) is 9.00. The Labute approximate surface area is 112 Å². The molecule has 0 radical (unpaired) electrons. The maximum Gasteiger partial charge on any atom is 0.300 e. The van der Waals surface area contributed by atoms with E-state index in [1.807, 2.05) is 6.08 Å². The van der Waals surface area contributed by atoms with Crippen molar-refractivity contribution in [3.05, 3.63) is 12.2 Å². The highest BCUT2D eigenvalue weighted by Gasteiger charge is 1.89. The molecule has 0 saturated heterocycles. The summed E-state index contributed by atoms with van der Waals surface area (Å²) in [6, 6.07) is 0. The second-order valence-electron chi connectivity index (χ2n) is 4.44. The molecule has 0 aliphatic heterocycles. The average Bonchev–Trinajstić information content (AvgIpc) is 2.31. The molecule has 0 aliphatic carbocycles. The third kappa shape index (κ3) is 29.4. The van der Waals surface area contributed by atoms with Gasteiger partial charge in [0, 0.05) is 6.92 Å². The summed E-state index contributed by atoms with van der Waals surface area (Å²) in [5.74, 6) is -0.833. The highest BCUT2D eigenvalue weighted by Crippen LogP contribution is 2.09. The van der Waals surface area contributed by atoms with Crippen molar-refractivity contribution in [1.29, 1.82) is 0 Å². The summed E-state index contributed by atoms with van der Waals surface area (Å²) in [6.07, 6.45) is 16.0. The Hall–Kier alpha value is -0.830. The van der Waals surface area contributed by atoms with Crippen molar-refractivity contribution < 1.29 is 15.0 Å². The van der Waals surface area contributed by atoms with Gasteiger partial charge in [-0.3, -0.25) is 4.79 Å². The Kier molecular flexibility index (Phi) is 20.1. The van der Waals surface area contributed by atoms with Crippen LogP contribution in [0, 0.1) is 0 Å². The van der Waals surface area contributed by atoms with Gasteiger partial charge in [-0.1, -0.05) is 64.0 Å². The molecule has 0 unspecified atom stereocenters. The van der Waals surface area contributed by atoms with Crippen LogP contribution in [0.1, 0.15) is 71.6 Å². The number of hydrogen-bond donors (Lipinski definition) is 2. The van der Waals surface area contributed by atoms with Crippen LogP contribution >= 0.6 is 0 Å². The molecule has 0 spiro atoms. The number of hydrogen-bond acceptors (Lipinski definition) is 2. The van der Waals surface area contributed by atoms with Crippen LogP contribution in [0.2, 0.25) is 0 Å². The molecule has 0 rings (SSSR count). The van der Waals surface area contributed by atoms with Crippen LogP contribution in [0.3, 0.4) is 0 Å². The zero-order valence-electron chi connectivity index (χ0n) is 12.0. The number of aliphatic hydroxyl groups is 1. The van der Waals surface area contributed by atoms with E-state index >= 15 is 0 Å². The molecule has 0 amide bonds. The average molecular weight is 258 g/mol. The summed E-state index contributed by atoms with van der Waals surface area (Å²) in [7, 11) is 0. The van der Waals surface area contributed by atoms with Gasteiger partial charge in [0.15, 0.2) is 0 Å². The zero-order valence-corrected chi connectivity index (χ0v) is 12.0.